The second-order valence-corrected chi connectivity index (χ2v) is 7.21. The number of Topliss-reactive ketones (excluding diaryl/α,β-unsaturated/α-hetero) is 1. The number of amides is 2. The van der Waals surface area contributed by atoms with Crippen molar-refractivity contribution in [3.05, 3.63) is 12.3 Å². The lowest BCUT2D eigenvalue weighted by Crippen LogP contribution is -2.57. The Morgan fingerprint density at radius 1 is 1.32 bits per heavy atom. The molecule has 3 saturated carbocycles. The first-order valence-electron chi connectivity index (χ1n) is 8.44. The average molecular weight is 348 g/mol. The third-order valence-corrected chi connectivity index (χ3v) is 5.58. The lowest BCUT2D eigenvalue weighted by molar-refractivity contribution is -0.164. The highest BCUT2D eigenvalue weighted by Crippen LogP contribution is 2.52. The number of carbonyl (C=O) groups is 3. The quantitative estimate of drug-likeness (QED) is 0.796. The predicted molar refractivity (Wildman–Crippen MR) is 89.8 cm³/mol. The van der Waals surface area contributed by atoms with Gasteiger partial charge in [-0.25, -0.2) is 0 Å². The van der Waals surface area contributed by atoms with E-state index in [1.165, 1.54) is 9.58 Å². The molecular weight excluding hydrogens is 324 g/mol. The SMILES string of the molecule is COC12CCC(C(=O)Nc3ccn(CC(=O)N(C)C)n3)(CC1)C(=O)C2. The summed E-state index contributed by atoms with van der Waals surface area (Å²) < 4.78 is 7.00. The summed E-state index contributed by atoms with van der Waals surface area (Å²) in [6.07, 6.45) is 4.37. The van der Waals surface area contributed by atoms with E-state index in [9.17, 15) is 14.4 Å². The number of ketones is 1. The van der Waals surface area contributed by atoms with Crippen molar-refractivity contribution in [3.8, 4) is 0 Å². The monoisotopic (exact) mass is 348 g/mol. The van der Waals surface area contributed by atoms with Crippen molar-refractivity contribution >= 4 is 23.4 Å². The van der Waals surface area contributed by atoms with E-state index in [4.69, 9.17) is 4.74 Å². The number of ether oxygens (including phenoxy) is 1. The summed E-state index contributed by atoms with van der Waals surface area (Å²) >= 11 is 0. The van der Waals surface area contributed by atoms with Crippen LogP contribution in [0.4, 0.5) is 5.82 Å². The lowest BCUT2D eigenvalue weighted by Gasteiger charge is -2.50. The number of carbonyl (C=O) groups excluding carboxylic acids is 3. The first-order valence-corrected chi connectivity index (χ1v) is 8.44. The molecular formula is C17H24N4O4. The minimum atomic E-state index is -0.969. The summed E-state index contributed by atoms with van der Waals surface area (Å²) in [5.74, 6) is -0.0873. The molecule has 8 heteroatoms. The Morgan fingerprint density at radius 3 is 2.56 bits per heavy atom. The summed E-state index contributed by atoms with van der Waals surface area (Å²) in [4.78, 5) is 38.6. The van der Waals surface area contributed by atoms with Gasteiger partial charge in [0.25, 0.3) is 0 Å². The summed E-state index contributed by atoms with van der Waals surface area (Å²) in [5, 5.41) is 6.96. The van der Waals surface area contributed by atoms with Gasteiger partial charge in [-0.3, -0.25) is 19.1 Å². The fourth-order valence-corrected chi connectivity index (χ4v) is 3.71. The van der Waals surface area contributed by atoms with Gasteiger partial charge in [-0.15, -0.1) is 0 Å². The van der Waals surface area contributed by atoms with E-state index in [1.54, 1.807) is 33.5 Å². The van der Waals surface area contributed by atoms with Crippen molar-refractivity contribution in [1.29, 1.82) is 0 Å². The highest BCUT2D eigenvalue weighted by Gasteiger charge is 2.58. The van der Waals surface area contributed by atoms with Crippen LogP contribution >= 0.6 is 0 Å². The minimum Gasteiger partial charge on any atom is -0.378 e. The second-order valence-electron chi connectivity index (χ2n) is 7.21. The molecule has 3 aliphatic carbocycles. The van der Waals surface area contributed by atoms with Crippen LogP contribution in [0.2, 0.25) is 0 Å². The van der Waals surface area contributed by atoms with Crippen molar-refractivity contribution in [1.82, 2.24) is 14.7 Å². The van der Waals surface area contributed by atoms with Gasteiger partial charge in [0.15, 0.2) is 11.6 Å². The van der Waals surface area contributed by atoms with Gasteiger partial charge in [0, 0.05) is 39.9 Å². The molecule has 1 aromatic heterocycles. The van der Waals surface area contributed by atoms with Crippen LogP contribution in [0, 0.1) is 5.41 Å². The lowest BCUT2D eigenvalue weighted by atomic mass is 9.57. The van der Waals surface area contributed by atoms with Crippen LogP contribution in [0.1, 0.15) is 32.1 Å². The highest BCUT2D eigenvalue weighted by molar-refractivity contribution is 6.12. The first kappa shape index (κ1) is 17.6. The minimum absolute atomic E-state index is 0.0495. The number of nitrogens with one attached hydrogen (secondary N) is 1. The molecule has 0 aromatic carbocycles. The smallest absolute Gasteiger partial charge is 0.243 e. The van der Waals surface area contributed by atoms with Crippen molar-refractivity contribution in [2.45, 2.75) is 44.2 Å². The number of hydrogen-bond acceptors (Lipinski definition) is 5. The van der Waals surface area contributed by atoms with E-state index in [-0.39, 0.29) is 29.7 Å². The third-order valence-electron chi connectivity index (χ3n) is 5.58. The number of anilines is 1. The summed E-state index contributed by atoms with van der Waals surface area (Å²) in [6.45, 7) is 0.100. The van der Waals surface area contributed by atoms with Gasteiger partial charge in [-0.1, -0.05) is 0 Å². The molecule has 2 bridgehead atoms. The standard InChI is InChI=1S/C17H24N4O4/c1-20(2)14(23)11-21-9-4-13(19-21)18-15(24)17-7-5-16(25-3,6-8-17)10-12(17)22/h4,9H,5-8,10-11H2,1-3H3,(H,18,19,24). The van der Waals surface area contributed by atoms with E-state index >= 15 is 0 Å². The molecule has 1 aromatic rings. The Morgan fingerprint density at radius 2 is 2.00 bits per heavy atom. The van der Waals surface area contributed by atoms with Crippen LogP contribution in [-0.2, 0) is 25.7 Å². The summed E-state index contributed by atoms with van der Waals surface area (Å²) in [7, 11) is 4.98. The molecule has 0 radical (unpaired) electrons. The van der Waals surface area contributed by atoms with Gasteiger partial charge >= 0.3 is 0 Å². The Hall–Kier alpha value is -2.22. The zero-order valence-electron chi connectivity index (χ0n) is 14.9. The van der Waals surface area contributed by atoms with Crippen LogP contribution in [0.25, 0.3) is 0 Å². The third kappa shape index (κ3) is 3.06. The van der Waals surface area contributed by atoms with Gasteiger partial charge in [0.1, 0.15) is 12.0 Å². The van der Waals surface area contributed by atoms with Crippen molar-refractivity contribution in [2.75, 3.05) is 26.5 Å². The molecule has 1 N–H and O–H groups in total. The Kier molecular flexibility index (Phi) is 4.40. The largest absolute Gasteiger partial charge is 0.378 e. The molecule has 1 heterocycles. The van der Waals surface area contributed by atoms with Crippen LogP contribution < -0.4 is 5.32 Å². The molecule has 0 spiro atoms. The van der Waals surface area contributed by atoms with Gasteiger partial charge in [-0.2, -0.15) is 5.10 Å². The van der Waals surface area contributed by atoms with Crippen LogP contribution in [0.3, 0.4) is 0 Å². The van der Waals surface area contributed by atoms with Crippen LogP contribution in [0.15, 0.2) is 12.3 Å². The van der Waals surface area contributed by atoms with Crippen molar-refractivity contribution < 1.29 is 19.1 Å². The molecule has 0 unspecified atom stereocenters. The molecule has 0 saturated heterocycles. The topological polar surface area (TPSA) is 93.5 Å². The van der Waals surface area contributed by atoms with E-state index in [0.29, 0.717) is 37.9 Å². The number of fused-ring (bicyclic) bond motifs is 3. The van der Waals surface area contributed by atoms with Gasteiger partial charge < -0.3 is 15.0 Å². The Balaban J connectivity index is 1.68. The van der Waals surface area contributed by atoms with E-state index < -0.39 is 5.41 Å². The number of nitrogens with zero attached hydrogens (tertiary/aromatic N) is 3. The molecule has 0 aliphatic heterocycles. The van der Waals surface area contributed by atoms with Crippen molar-refractivity contribution in [3.63, 3.8) is 0 Å². The summed E-state index contributed by atoms with van der Waals surface area (Å²) in [6, 6.07) is 1.63. The molecule has 25 heavy (non-hydrogen) atoms. The number of rotatable bonds is 5. The fraction of sp³-hybridized carbons (Fsp3) is 0.647. The van der Waals surface area contributed by atoms with E-state index in [1.807, 2.05) is 0 Å². The molecule has 3 fully saturated rings. The average Bonchev–Trinajstić information content (AvgIpc) is 3.02. The maximum Gasteiger partial charge on any atom is 0.243 e. The molecule has 8 nitrogen and oxygen atoms in total. The number of aromatic nitrogens is 2. The van der Waals surface area contributed by atoms with Gasteiger partial charge in [0.05, 0.1) is 5.60 Å². The van der Waals surface area contributed by atoms with Crippen LogP contribution in [0.5, 0.6) is 0 Å². The normalized spacial score (nSPS) is 28.0. The molecule has 3 aliphatic rings. The zero-order valence-corrected chi connectivity index (χ0v) is 14.9. The maximum atomic E-state index is 12.8. The highest BCUT2D eigenvalue weighted by atomic mass is 16.5. The fourth-order valence-electron chi connectivity index (χ4n) is 3.71. The Bertz CT molecular complexity index is 701. The number of hydrogen-bond donors (Lipinski definition) is 1. The van der Waals surface area contributed by atoms with E-state index in [0.717, 1.165) is 0 Å². The first-order chi connectivity index (χ1) is 11.8. The second kappa shape index (κ2) is 6.25. The molecule has 2 amide bonds. The molecule has 0 atom stereocenters. The Labute approximate surface area is 146 Å². The maximum absolute atomic E-state index is 12.8. The predicted octanol–water partition coefficient (Wildman–Crippen LogP) is 0.828. The van der Waals surface area contributed by atoms with Gasteiger partial charge in [0.2, 0.25) is 11.8 Å². The zero-order chi connectivity index (χ0) is 18.2. The summed E-state index contributed by atoms with van der Waals surface area (Å²) in [5.41, 5.74) is -1.35. The van der Waals surface area contributed by atoms with Gasteiger partial charge in [-0.05, 0) is 25.7 Å². The van der Waals surface area contributed by atoms with E-state index in [2.05, 4.69) is 10.4 Å². The number of methoxy groups -OCH3 is 1. The number of likely N-dealkylation sites (N-methyl/N-ethyl adjacent to an activating group) is 1. The van der Waals surface area contributed by atoms with Crippen molar-refractivity contribution in [2.24, 2.45) is 5.41 Å². The van der Waals surface area contributed by atoms with Crippen LogP contribution in [-0.4, -0.2) is 59.1 Å². The molecule has 136 valence electrons. The molecule has 4 rings (SSSR count).